The first-order valence-electron chi connectivity index (χ1n) is 7.21. The van der Waals surface area contributed by atoms with Gasteiger partial charge in [0.2, 0.25) is 18.0 Å². The normalized spacial score (nSPS) is 12.8. The molecule has 116 valence electrons. The average molecular weight is 310 g/mol. The summed E-state index contributed by atoms with van der Waals surface area (Å²) in [6, 6.07) is 8.68. The predicted octanol–water partition coefficient (Wildman–Crippen LogP) is 3.51. The molecule has 4 rings (SSSR count). The highest BCUT2D eigenvalue weighted by Crippen LogP contribution is 2.38. The number of ether oxygens (including phenoxy) is 2. The fourth-order valence-corrected chi connectivity index (χ4v) is 2.67. The van der Waals surface area contributed by atoms with Gasteiger partial charge >= 0.3 is 0 Å². The molecule has 0 bridgehead atoms. The van der Waals surface area contributed by atoms with E-state index in [9.17, 15) is 9.90 Å². The van der Waals surface area contributed by atoms with Crippen molar-refractivity contribution in [1.82, 2.24) is 0 Å². The molecule has 1 aliphatic heterocycles. The molecule has 0 radical (unpaired) electrons. The molecule has 0 spiro atoms. The molecule has 1 aromatic heterocycles. The molecule has 23 heavy (non-hydrogen) atoms. The van der Waals surface area contributed by atoms with Gasteiger partial charge in [-0.15, -0.1) is 0 Å². The fourth-order valence-electron chi connectivity index (χ4n) is 2.67. The van der Waals surface area contributed by atoms with Gasteiger partial charge in [0.1, 0.15) is 5.58 Å². The van der Waals surface area contributed by atoms with Crippen LogP contribution in [0.25, 0.3) is 22.3 Å². The van der Waals surface area contributed by atoms with Gasteiger partial charge in [-0.05, 0) is 55.3 Å². The van der Waals surface area contributed by atoms with Crippen LogP contribution in [-0.2, 0) is 0 Å². The Balaban J connectivity index is 1.99. The zero-order valence-electron chi connectivity index (χ0n) is 12.7. The van der Waals surface area contributed by atoms with E-state index in [1.807, 2.05) is 19.9 Å². The van der Waals surface area contributed by atoms with Crippen molar-refractivity contribution in [2.75, 3.05) is 6.79 Å². The molecule has 0 saturated carbocycles. The first-order valence-corrected chi connectivity index (χ1v) is 7.21. The van der Waals surface area contributed by atoms with Crippen LogP contribution in [0.1, 0.15) is 11.1 Å². The minimum atomic E-state index is -0.443. The Hall–Kier alpha value is -2.95. The number of rotatable bonds is 1. The van der Waals surface area contributed by atoms with E-state index >= 15 is 0 Å². The first kappa shape index (κ1) is 13.7. The number of aromatic hydroxyl groups is 1. The van der Waals surface area contributed by atoms with Gasteiger partial charge < -0.3 is 19.0 Å². The second-order valence-corrected chi connectivity index (χ2v) is 5.61. The average Bonchev–Trinajstić information content (AvgIpc) is 3.00. The van der Waals surface area contributed by atoms with Gasteiger partial charge in [0, 0.05) is 5.56 Å². The van der Waals surface area contributed by atoms with E-state index in [1.165, 1.54) is 0 Å². The van der Waals surface area contributed by atoms with Gasteiger partial charge in [-0.1, -0.05) is 0 Å². The number of benzene rings is 2. The van der Waals surface area contributed by atoms with Gasteiger partial charge in [0.15, 0.2) is 17.3 Å². The van der Waals surface area contributed by atoms with E-state index in [4.69, 9.17) is 13.9 Å². The summed E-state index contributed by atoms with van der Waals surface area (Å²) in [6.07, 6.45) is 0. The molecule has 0 fully saturated rings. The lowest BCUT2D eigenvalue weighted by atomic mass is 10.0. The largest absolute Gasteiger partial charge is 0.502 e. The molecule has 1 aliphatic rings. The second-order valence-electron chi connectivity index (χ2n) is 5.61. The third-order valence-corrected chi connectivity index (χ3v) is 4.12. The molecular formula is C18H14O5. The number of fused-ring (bicyclic) bond motifs is 2. The van der Waals surface area contributed by atoms with Crippen LogP contribution in [0.5, 0.6) is 17.2 Å². The van der Waals surface area contributed by atoms with Crippen molar-refractivity contribution in [1.29, 1.82) is 0 Å². The lowest BCUT2D eigenvalue weighted by Crippen LogP contribution is -2.03. The van der Waals surface area contributed by atoms with Crippen LogP contribution in [0.4, 0.5) is 0 Å². The molecule has 2 aromatic carbocycles. The highest BCUT2D eigenvalue weighted by molar-refractivity contribution is 5.83. The van der Waals surface area contributed by atoms with Crippen LogP contribution < -0.4 is 14.9 Å². The Morgan fingerprint density at radius 2 is 1.74 bits per heavy atom. The SMILES string of the molecule is Cc1cc2oc(-c3ccc4c(c3)OCO4)c(O)c(=O)c2cc1C. The fraction of sp³-hybridized carbons (Fsp3) is 0.167. The summed E-state index contributed by atoms with van der Waals surface area (Å²) in [4.78, 5) is 12.5. The van der Waals surface area contributed by atoms with Crippen LogP contribution in [0.3, 0.4) is 0 Å². The van der Waals surface area contributed by atoms with Gasteiger partial charge in [0.05, 0.1) is 5.39 Å². The van der Waals surface area contributed by atoms with Crippen molar-refractivity contribution in [3.05, 3.63) is 51.7 Å². The molecule has 0 amide bonds. The summed E-state index contributed by atoms with van der Waals surface area (Å²) < 4.78 is 16.4. The lowest BCUT2D eigenvalue weighted by molar-refractivity contribution is 0.174. The highest BCUT2D eigenvalue weighted by atomic mass is 16.7. The maximum absolute atomic E-state index is 12.5. The van der Waals surface area contributed by atoms with E-state index < -0.39 is 11.2 Å². The van der Waals surface area contributed by atoms with Crippen LogP contribution in [-0.4, -0.2) is 11.9 Å². The Bertz CT molecular complexity index is 1000. The van der Waals surface area contributed by atoms with Crippen molar-refractivity contribution in [2.45, 2.75) is 13.8 Å². The van der Waals surface area contributed by atoms with Gasteiger partial charge in [0.25, 0.3) is 0 Å². The molecule has 0 unspecified atom stereocenters. The summed E-state index contributed by atoms with van der Waals surface area (Å²) >= 11 is 0. The van der Waals surface area contributed by atoms with Crippen LogP contribution in [0.2, 0.25) is 0 Å². The van der Waals surface area contributed by atoms with Crippen molar-refractivity contribution >= 4 is 11.0 Å². The molecule has 3 aromatic rings. The van der Waals surface area contributed by atoms with E-state index in [0.717, 1.165) is 11.1 Å². The highest BCUT2D eigenvalue weighted by Gasteiger charge is 2.19. The van der Waals surface area contributed by atoms with Gasteiger partial charge in [-0.3, -0.25) is 4.79 Å². The molecule has 5 nitrogen and oxygen atoms in total. The van der Waals surface area contributed by atoms with E-state index in [1.54, 1.807) is 24.3 Å². The number of aryl methyl sites for hydroxylation is 2. The summed E-state index contributed by atoms with van der Waals surface area (Å²) in [7, 11) is 0. The second kappa shape index (κ2) is 4.78. The Kier molecular flexibility index (Phi) is 2.84. The van der Waals surface area contributed by atoms with Crippen molar-refractivity contribution < 1.29 is 19.0 Å². The van der Waals surface area contributed by atoms with Gasteiger partial charge in [-0.25, -0.2) is 0 Å². The standard InChI is InChI=1S/C18H14O5/c1-9-5-12-14(6-10(9)2)23-18(17(20)16(12)19)11-3-4-13-15(7-11)22-8-21-13/h3-7,20H,8H2,1-2H3. The predicted molar refractivity (Wildman–Crippen MR) is 85.2 cm³/mol. The van der Waals surface area contributed by atoms with Crippen molar-refractivity contribution in [3.63, 3.8) is 0 Å². The van der Waals surface area contributed by atoms with Crippen molar-refractivity contribution in [3.8, 4) is 28.6 Å². The maximum Gasteiger partial charge on any atom is 0.235 e. The summed E-state index contributed by atoms with van der Waals surface area (Å²) in [5.41, 5.74) is 2.55. The minimum Gasteiger partial charge on any atom is -0.502 e. The van der Waals surface area contributed by atoms with E-state index in [2.05, 4.69) is 0 Å². The van der Waals surface area contributed by atoms with Gasteiger partial charge in [-0.2, -0.15) is 0 Å². The molecule has 0 saturated heterocycles. The van der Waals surface area contributed by atoms with E-state index in [0.29, 0.717) is 28.0 Å². The van der Waals surface area contributed by atoms with Crippen LogP contribution >= 0.6 is 0 Å². The number of hydrogen-bond donors (Lipinski definition) is 1. The van der Waals surface area contributed by atoms with Crippen LogP contribution in [0.15, 0.2) is 39.5 Å². The zero-order valence-corrected chi connectivity index (χ0v) is 12.7. The molecule has 1 N–H and O–H groups in total. The summed E-state index contributed by atoms with van der Waals surface area (Å²) in [6.45, 7) is 4.02. The molecule has 0 atom stereocenters. The molecule has 0 aliphatic carbocycles. The Morgan fingerprint density at radius 3 is 2.57 bits per heavy atom. The zero-order chi connectivity index (χ0) is 16.1. The summed E-state index contributed by atoms with van der Waals surface area (Å²) in [5.74, 6) is 0.913. The first-order chi connectivity index (χ1) is 11.0. The van der Waals surface area contributed by atoms with E-state index in [-0.39, 0.29) is 12.6 Å². The minimum absolute atomic E-state index is 0.129. The third-order valence-electron chi connectivity index (χ3n) is 4.12. The number of hydrogen-bond acceptors (Lipinski definition) is 5. The van der Waals surface area contributed by atoms with Crippen LogP contribution in [0, 0.1) is 13.8 Å². The quantitative estimate of drug-likeness (QED) is 0.745. The molecule has 5 heteroatoms. The third kappa shape index (κ3) is 2.04. The monoisotopic (exact) mass is 310 g/mol. The Morgan fingerprint density at radius 1 is 1.00 bits per heavy atom. The Labute approximate surface area is 131 Å². The topological polar surface area (TPSA) is 68.9 Å². The lowest BCUT2D eigenvalue weighted by Gasteiger charge is -2.08. The summed E-state index contributed by atoms with van der Waals surface area (Å²) in [5, 5.41) is 10.6. The van der Waals surface area contributed by atoms with Crippen molar-refractivity contribution in [2.24, 2.45) is 0 Å². The molecule has 2 heterocycles. The molecular weight excluding hydrogens is 296 g/mol. The smallest absolute Gasteiger partial charge is 0.235 e. The maximum atomic E-state index is 12.5.